The molecule has 29 heavy (non-hydrogen) atoms. The highest BCUT2D eigenvalue weighted by Crippen LogP contribution is 2.18. The van der Waals surface area contributed by atoms with E-state index in [1.54, 1.807) is 6.07 Å². The first-order valence-electron chi connectivity index (χ1n) is 9.78. The van der Waals surface area contributed by atoms with Crippen molar-refractivity contribution in [3.05, 3.63) is 59.9 Å². The molecule has 0 saturated heterocycles. The van der Waals surface area contributed by atoms with E-state index >= 15 is 0 Å². The Morgan fingerprint density at radius 1 is 1.03 bits per heavy atom. The van der Waals surface area contributed by atoms with Gasteiger partial charge in [-0.15, -0.1) is 0 Å². The van der Waals surface area contributed by atoms with Crippen molar-refractivity contribution in [1.29, 1.82) is 0 Å². The molecule has 2 amide bonds. The molecule has 0 atom stereocenters. The van der Waals surface area contributed by atoms with Crippen LogP contribution in [-0.2, 0) is 22.6 Å². The summed E-state index contributed by atoms with van der Waals surface area (Å²) in [5.41, 5.74) is 7.56. The van der Waals surface area contributed by atoms with Crippen molar-refractivity contribution in [1.82, 2.24) is 20.4 Å². The lowest BCUT2D eigenvalue weighted by molar-refractivity contribution is -0.130. The zero-order chi connectivity index (χ0) is 20.6. The fourth-order valence-corrected chi connectivity index (χ4v) is 3.05. The number of amides is 2. The van der Waals surface area contributed by atoms with E-state index in [0.29, 0.717) is 5.75 Å². The molecule has 1 heterocycles. The van der Waals surface area contributed by atoms with Crippen molar-refractivity contribution in [3.63, 3.8) is 0 Å². The van der Waals surface area contributed by atoms with Gasteiger partial charge in [0.15, 0.2) is 6.61 Å². The largest absolute Gasteiger partial charge is 0.483 e. The number of unbranched alkanes of at least 4 members (excludes halogenated alkanes) is 1. The van der Waals surface area contributed by atoms with Gasteiger partial charge in [-0.25, -0.2) is 4.98 Å². The van der Waals surface area contributed by atoms with Crippen LogP contribution >= 0.6 is 0 Å². The van der Waals surface area contributed by atoms with Gasteiger partial charge in [-0.1, -0.05) is 43.7 Å². The van der Waals surface area contributed by atoms with Crippen LogP contribution in [-0.4, -0.2) is 28.0 Å². The van der Waals surface area contributed by atoms with Gasteiger partial charge >= 0.3 is 0 Å². The van der Waals surface area contributed by atoms with E-state index in [1.165, 1.54) is 0 Å². The molecule has 0 fully saturated rings. The summed E-state index contributed by atoms with van der Waals surface area (Å²) in [6.45, 7) is 3.92. The maximum absolute atomic E-state index is 12.4. The smallest absolute Gasteiger partial charge is 0.276 e. The Hall–Kier alpha value is -3.35. The molecule has 7 heteroatoms. The van der Waals surface area contributed by atoms with Gasteiger partial charge < -0.3 is 9.30 Å². The summed E-state index contributed by atoms with van der Waals surface area (Å²) in [6.07, 6.45) is 2.85. The highest BCUT2D eigenvalue weighted by Gasteiger charge is 2.14. The lowest BCUT2D eigenvalue weighted by Gasteiger charge is -2.12. The second kappa shape index (κ2) is 9.73. The van der Waals surface area contributed by atoms with Crippen LogP contribution in [0.5, 0.6) is 5.75 Å². The van der Waals surface area contributed by atoms with Crippen LogP contribution in [0.4, 0.5) is 0 Å². The molecular formula is C22H26N4O3. The van der Waals surface area contributed by atoms with Gasteiger partial charge in [0, 0.05) is 6.42 Å². The number of fused-ring (bicyclic) bond motifs is 1. The zero-order valence-electron chi connectivity index (χ0n) is 16.8. The summed E-state index contributed by atoms with van der Waals surface area (Å²) in [5.74, 6) is 0.760. The monoisotopic (exact) mass is 394 g/mol. The van der Waals surface area contributed by atoms with Crippen LogP contribution in [0.25, 0.3) is 11.0 Å². The number of benzene rings is 2. The van der Waals surface area contributed by atoms with E-state index in [1.807, 2.05) is 54.0 Å². The Morgan fingerprint density at radius 2 is 1.76 bits per heavy atom. The van der Waals surface area contributed by atoms with E-state index in [2.05, 4.69) is 22.8 Å². The SMILES string of the molecule is CCCCc1nc2ccccc2n1CC(=O)NNC(=O)COc1ccccc1C. The highest BCUT2D eigenvalue weighted by atomic mass is 16.5. The minimum atomic E-state index is -0.428. The van der Waals surface area contributed by atoms with Crippen LogP contribution in [0.2, 0.25) is 0 Å². The summed E-state index contributed by atoms with van der Waals surface area (Å²) in [4.78, 5) is 29.0. The van der Waals surface area contributed by atoms with Gasteiger partial charge in [-0.3, -0.25) is 20.4 Å². The number of aromatic nitrogens is 2. The number of nitrogens with one attached hydrogen (secondary N) is 2. The van der Waals surface area contributed by atoms with Gasteiger partial charge in [0.2, 0.25) is 0 Å². The number of nitrogens with zero attached hydrogens (tertiary/aromatic N) is 2. The quantitative estimate of drug-likeness (QED) is 0.575. The Morgan fingerprint density at radius 3 is 2.55 bits per heavy atom. The van der Waals surface area contributed by atoms with Crippen LogP contribution in [0.15, 0.2) is 48.5 Å². The summed E-state index contributed by atoms with van der Waals surface area (Å²) < 4.78 is 7.38. The third-order valence-electron chi connectivity index (χ3n) is 4.58. The van der Waals surface area contributed by atoms with E-state index in [4.69, 9.17) is 4.74 Å². The molecule has 3 aromatic rings. The molecule has 0 aliphatic rings. The Balaban J connectivity index is 1.56. The lowest BCUT2D eigenvalue weighted by atomic mass is 10.2. The van der Waals surface area contributed by atoms with E-state index in [9.17, 15) is 9.59 Å². The third kappa shape index (κ3) is 5.34. The summed E-state index contributed by atoms with van der Waals surface area (Å²) in [6, 6.07) is 15.2. The van der Waals surface area contributed by atoms with Crippen molar-refractivity contribution < 1.29 is 14.3 Å². The van der Waals surface area contributed by atoms with Crippen LogP contribution in [0, 0.1) is 6.92 Å². The number of carbonyl (C=O) groups is 2. The highest BCUT2D eigenvalue weighted by molar-refractivity contribution is 5.84. The topological polar surface area (TPSA) is 85.3 Å². The predicted molar refractivity (Wildman–Crippen MR) is 111 cm³/mol. The molecule has 0 aliphatic carbocycles. The Kier molecular flexibility index (Phi) is 6.84. The van der Waals surface area contributed by atoms with Crippen molar-refractivity contribution in [2.45, 2.75) is 39.7 Å². The zero-order valence-corrected chi connectivity index (χ0v) is 16.8. The molecule has 3 rings (SSSR count). The van der Waals surface area contributed by atoms with E-state index in [0.717, 1.165) is 41.7 Å². The fourth-order valence-electron chi connectivity index (χ4n) is 3.05. The van der Waals surface area contributed by atoms with E-state index < -0.39 is 5.91 Å². The van der Waals surface area contributed by atoms with E-state index in [-0.39, 0.29) is 19.1 Å². The molecule has 0 spiro atoms. The fraction of sp³-hybridized carbons (Fsp3) is 0.318. The average Bonchev–Trinajstić information content (AvgIpc) is 3.07. The Labute approximate surface area is 170 Å². The van der Waals surface area contributed by atoms with Crippen LogP contribution < -0.4 is 15.6 Å². The number of imidazole rings is 1. The predicted octanol–water partition coefficient (Wildman–Crippen LogP) is 2.91. The number of hydrogen-bond acceptors (Lipinski definition) is 4. The maximum atomic E-state index is 12.4. The number of hydrogen-bond donors (Lipinski definition) is 2. The minimum absolute atomic E-state index is 0.0818. The average molecular weight is 394 g/mol. The number of aryl methyl sites for hydroxylation is 2. The number of ether oxygens (including phenoxy) is 1. The molecule has 0 aliphatic heterocycles. The minimum Gasteiger partial charge on any atom is -0.483 e. The van der Waals surface area contributed by atoms with Gasteiger partial charge in [-0.2, -0.15) is 0 Å². The summed E-state index contributed by atoms with van der Waals surface area (Å²) >= 11 is 0. The molecule has 7 nitrogen and oxygen atoms in total. The molecule has 0 bridgehead atoms. The second-order valence-corrected chi connectivity index (χ2v) is 6.86. The molecule has 2 N–H and O–H groups in total. The normalized spacial score (nSPS) is 10.7. The maximum Gasteiger partial charge on any atom is 0.276 e. The first kappa shape index (κ1) is 20.4. The number of carbonyl (C=O) groups excluding carboxylic acids is 2. The van der Waals surface area contributed by atoms with Crippen molar-refractivity contribution in [2.75, 3.05) is 6.61 Å². The van der Waals surface area contributed by atoms with Gasteiger partial charge in [-0.05, 0) is 37.1 Å². The van der Waals surface area contributed by atoms with Gasteiger partial charge in [0.05, 0.1) is 11.0 Å². The molecule has 152 valence electrons. The van der Waals surface area contributed by atoms with Crippen molar-refractivity contribution >= 4 is 22.8 Å². The molecule has 0 saturated carbocycles. The Bertz CT molecular complexity index is 997. The van der Waals surface area contributed by atoms with Gasteiger partial charge in [0.25, 0.3) is 11.8 Å². The molecular weight excluding hydrogens is 368 g/mol. The van der Waals surface area contributed by atoms with Crippen LogP contribution in [0.1, 0.15) is 31.2 Å². The molecule has 1 aromatic heterocycles. The number of para-hydroxylation sites is 3. The first-order chi connectivity index (χ1) is 14.1. The molecule has 0 unspecified atom stereocenters. The lowest BCUT2D eigenvalue weighted by Crippen LogP contribution is -2.45. The molecule has 2 aromatic carbocycles. The second-order valence-electron chi connectivity index (χ2n) is 6.86. The number of rotatable bonds is 8. The summed E-state index contributed by atoms with van der Waals surface area (Å²) in [7, 11) is 0. The van der Waals surface area contributed by atoms with Gasteiger partial charge in [0.1, 0.15) is 18.1 Å². The van der Waals surface area contributed by atoms with Crippen molar-refractivity contribution in [3.8, 4) is 5.75 Å². The number of hydrazine groups is 1. The van der Waals surface area contributed by atoms with Crippen LogP contribution in [0.3, 0.4) is 0 Å². The molecule has 0 radical (unpaired) electrons. The standard InChI is InChI=1S/C22H26N4O3/c1-3-4-13-20-23-17-10-6-7-11-18(17)26(20)14-21(27)24-25-22(28)15-29-19-12-8-5-9-16(19)2/h5-12H,3-4,13-15H2,1-2H3,(H,24,27)(H,25,28). The third-order valence-corrected chi connectivity index (χ3v) is 4.58. The first-order valence-corrected chi connectivity index (χ1v) is 9.78. The summed E-state index contributed by atoms with van der Waals surface area (Å²) in [5, 5.41) is 0. The van der Waals surface area contributed by atoms with Crippen molar-refractivity contribution in [2.24, 2.45) is 0 Å².